The largest absolute Gasteiger partial charge is 0.481 e. The first-order valence-electron chi connectivity index (χ1n) is 6.00. The van der Waals surface area contributed by atoms with E-state index in [0.29, 0.717) is 13.1 Å². The Morgan fingerprint density at radius 3 is 2.42 bits per heavy atom. The van der Waals surface area contributed by atoms with Gasteiger partial charge in [-0.3, -0.25) is 9.59 Å². The molecule has 0 heterocycles. The molecule has 0 fully saturated rings. The lowest BCUT2D eigenvalue weighted by molar-refractivity contribution is -0.141. The molecule has 19 heavy (non-hydrogen) atoms. The Morgan fingerprint density at radius 1 is 1.21 bits per heavy atom. The van der Waals surface area contributed by atoms with Crippen LogP contribution in [0.15, 0.2) is 11.6 Å². The maximum atomic E-state index is 11.5. The number of carbonyl (C=O) groups is 3. The van der Waals surface area contributed by atoms with Crippen LogP contribution in [-0.2, 0) is 19.1 Å². The summed E-state index contributed by atoms with van der Waals surface area (Å²) in [5.41, 5.74) is -0.186. The molecule has 0 spiro atoms. The van der Waals surface area contributed by atoms with E-state index in [0.717, 1.165) is 26.2 Å². The molecular formula is C12H20N2O5. The van der Waals surface area contributed by atoms with Gasteiger partial charge < -0.3 is 20.5 Å². The highest BCUT2D eigenvalue weighted by Crippen LogP contribution is 2.03. The zero-order valence-electron chi connectivity index (χ0n) is 11.2. The Kier molecular flexibility index (Phi) is 9.07. The molecule has 0 aromatic heterocycles. The highest BCUT2D eigenvalue weighted by molar-refractivity contribution is 6.01. The summed E-state index contributed by atoms with van der Waals surface area (Å²) in [6.07, 6.45) is 1.41. The van der Waals surface area contributed by atoms with Gasteiger partial charge in [0.1, 0.15) is 0 Å². The van der Waals surface area contributed by atoms with E-state index in [9.17, 15) is 14.4 Å². The Bertz CT molecular complexity index is 352. The second kappa shape index (κ2) is 10.1. The van der Waals surface area contributed by atoms with Crippen LogP contribution < -0.4 is 10.6 Å². The summed E-state index contributed by atoms with van der Waals surface area (Å²) < 4.78 is 4.41. The summed E-state index contributed by atoms with van der Waals surface area (Å²) in [7, 11) is 1.13. The first-order chi connectivity index (χ1) is 9.01. The molecule has 3 N–H and O–H groups in total. The fraction of sp³-hybridized carbons (Fsp3) is 0.583. The van der Waals surface area contributed by atoms with Gasteiger partial charge in [0.05, 0.1) is 19.1 Å². The van der Waals surface area contributed by atoms with Crippen molar-refractivity contribution in [1.82, 2.24) is 10.6 Å². The molecule has 7 nitrogen and oxygen atoms in total. The van der Waals surface area contributed by atoms with Gasteiger partial charge in [-0.25, -0.2) is 4.79 Å². The van der Waals surface area contributed by atoms with Crippen LogP contribution in [0.5, 0.6) is 0 Å². The van der Waals surface area contributed by atoms with Gasteiger partial charge in [-0.2, -0.15) is 0 Å². The quantitative estimate of drug-likeness (QED) is 0.302. The lowest BCUT2D eigenvalue weighted by Crippen LogP contribution is -2.31. The molecule has 0 aliphatic carbocycles. The van der Waals surface area contributed by atoms with Crippen molar-refractivity contribution >= 4 is 17.8 Å². The van der Waals surface area contributed by atoms with Crippen LogP contribution in [0.3, 0.4) is 0 Å². The van der Waals surface area contributed by atoms with Crippen LogP contribution in [0.25, 0.3) is 0 Å². The highest BCUT2D eigenvalue weighted by atomic mass is 16.5. The summed E-state index contributed by atoms with van der Waals surface area (Å²) in [5, 5.41) is 14.3. The number of carboxylic acids is 1. The Balaban J connectivity index is 4.28. The van der Waals surface area contributed by atoms with Crippen LogP contribution in [0.2, 0.25) is 0 Å². The standard InChI is InChI=1S/C12H20N2O5/c1-3-4-13-5-6-14-10(15)7-9(8-11(16)17)12(18)19-2/h7,13H,3-6,8H2,1-2H3,(H,14,15)(H,16,17)/b9-7-. The number of carbonyl (C=O) groups excluding carboxylic acids is 2. The number of aliphatic carboxylic acids is 1. The molecule has 1 amide bonds. The van der Waals surface area contributed by atoms with Crippen molar-refractivity contribution in [2.45, 2.75) is 19.8 Å². The predicted octanol–water partition coefficient (Wildman–Crippen LogP) is -0.324. The van der Waals surface area contributed by atoms with E-state index in [1.54, 1.807) is 0 Å². The zero-order chi connectivity index (χ0) is 14.7. The summed E-state index contributed by atoms with van der Waals surface area (Å²) >= 11 is 0. The fourth-order valence-corrected chi connectivity index (χ4v) is 1.26. The first kappa shape index (κ1) is 17.1. The van der Waals surface area contributed by atoms with Crippen LogP contribution in [-0.4, -0.2) is 49.7 Å². The maximum absolute atomic E-state index is 11.5. The van der Waals surface area contributed by atoms with Crippen molar-refractivity contribution in [2.24, 2.45) is 0 Å². The Morgan fingerprint density at radius 2 is 1.89 bits per heavy atom. The maximum Gasteiger partial charge on any atom is 0.334 e. The smallest absolute Gasteiger partial charge is 0.334 e. The summed E-state index contributed by atoms with van der Waals surface area (Å²) in [6.45, 7) is 3.90. The molecule has 0 aromatic rings. The van der Waals surface area contributed by atoms with E-state index in [-0.39, 0.29) is 5.57 Å². The van der Waals surface area contributed by atoms with Crippen molar-refractivity contribution in [1.29, 1.82) is 0 Å². The lowest BCUT2D eigenvalue weighted by atomic mass is 10.1. The van der Waals surface area contributed by atoms with Gasteiger partial charge in [0.15, 0.2) is 0 Å². The third-order valence-corrected chi connectivity index (χ3v) is 2.12. The SMILES string of the molecule is CCCNCCNC(=O)/C=C(/CC(=O)O)C(=O)OC. The summed E-state index contributed by atoms with van der Waals surface area (Å²) in [4.78, 5) is 33.3. The van der Waals surface area contributed by atoms with Crippen molar-refractivity contribution in [3.8, 4) is 0 Å². The molecular weight excluding hydrogens is 252 g/mol. The fourth-order valence-electron chi connectivity index (χ4n) is 1.26. The minimum Gasteiger partial charge on any atom is -0.481 e. The monoisotopic (exact) mass is 272 g/mol. The van der Waals surface area contributed by atoms with E-state index < -0.39 is 24.3 Å². The summed E-state index contributed by atoms with van der Waals surface area (Å²) in [6, 6.07) is 0. The number of carboxylic acid groups (broad SMARTS) is 1. The molecule has 0 saturated heterocycles. The average molecular weight is 272 g/mol. The average Bonchev–Trinajstić information content (AvgIpc) is 2.36. The summed E-state index contributed by atoms with van der Waals surface area (Å²) in [5.74, 6) is -2.53. The number of hydrogen-bond acceptors (Lipinski definition) is 5. The first-order valence-corrected chi connectivity index (χ1v) is 6.00. The number of nitrogens with one attached hydrogen (secondary N) is 2. The van der Waals surface area contributed by atoms with Crippen LogP contribution in [0, 0.1) is 0 Å². The van der Waals surface area contributed by atoms with Gasteiger partial charge in [-0.15, -0.1) is 0 Å². The molecule has 0 atom stereocenters. The number of esters is 1. The van der Waals surface area contributed by atoms with Crippen molar-refractivity contribution in [2.75, 3.05) is 26.7 Å². The van der Waals surface area contributed by atoms with E-state index in [4.69, 9.17) is 5.11 Å². The van der Waals surface area contributed by atoms with E-state index in [1.807, 2.05) is 6.92 Å². The minimum absolute atomic E-state index is 0.186. The predicted molar refractivity (Wildman–Crippen MR) is 68.5 cm³/mol. The van der Waals surface area contributed by atoms with Gasteiger partial charge in [-0.1, -0.05) is 6.92 Å². The number of hydrogen-bond donors (Lipinski definition) is 3. The molecule has 0 bridgehead atoms. The lowest BCUT2D eigenvalue weighted by Gasteiger charge is -2.05. The van der Waals surface area contributed by atoms with Gasteiger partial charge in [0, 0.05) is 19.2 Å². The van der Waals surface area contributed by atoms with Gasteiger partial charge in [-0.05, 0) is 13.0 Å². The van der Waals surface area contributed by atoms with Crippen LogP contribution in [0.1, 0.15) is 19.8 Å². The van der Waals surface area contributed by atoms with E-state index in [2.05, 4.69) is 15.4 Å². The van der Waals surface area contributed by atoms with Crippen LogP contribution in [0.4, 0.5) is 0 Å². The number of ether oxygens (including phenoxy) is 1. The zero-order valence-corrected chi connectivity index (χ0v) is 11.2. The van der Waals surface area contributed by atoms with Gasteiger partial charge >= 0.3 is 11.9 Å². The van der Waals surface area contributed by atoms with E-state index in [1.165, 1.54) is 0 Å². The van der Waals surface area contributed by atoms with Crippen molar-refractivity contribution in [3.05, 3.63) is 11.6 Å². The minimum atomic E-state index is -1.20. The molecule has 0 saturated carbocycles. The van der Waals surface area contributed by atoms with E-state index >= 15 is 0 Å². The molecule has 0 aliphatic heterocycles. The number of rotatable bonds is 9. The molecule has 0 radical (unpaired) electrons. The molecule has 0 rings (SSSR count). The third kappa shape index (κ3) is 8.78. The third-order valence-electron chi connectivity index (χ3n) is 2.12. The normalized spacial score (nSPS) is 10.9. The molecule has 0 aromatic carbocycles. The van der Waals surface area contributed by atoms with Gasteiger partial charge in [0.25, 0.3) is 0 Å². The number of methoxy groups -OCH3 is 1. The van der Waals surface area contributed by atoms with Crippen LogP contribution >= 0.6 is 0 Å². The second-order valence-electron chi connectivity index (χ2n) is 3.77. The molecule has 7 heteroatoms. The topological polar surface area (TPSA) is 105 Å². The Hall–Kier alpha value is -1.89. The second-order valence-corrected chi connectivity index (χ2v) is 3.77. The number of amides is 1. The Labute approximate surface area is 112 Å². The van der Waals surface area contributed by atoms with Crippen molar-refractivity contribution in [3.63, 3.8) is 0 Å². The molecule has 0 aliphatic rings. The van der Waals surface area contributed by atoms with Crippen molar-refractivity contribution < 1.29 is 24.2 Å². The highest BCUT2D eigenvalue weighted by Gasteiger charge is 2.15. The molecule has 0 unspecified atom stereocenters. The molecule has 108 valence electrons. The van der Waals surface area contributed by atoms with Gasteiger partial charge in [0.2, 0.25) is 5.91 Å².